The Morgan fingerprint density at radius 1 is 1.06 bits per heavy atom. The second kappa shape index (κ2) is 8.98. The van der Waals surface area contributed by atoms with Crippen molar-refractivity contribution < 1.29 is 29.4 Å². The quantitative estimate of drug-likeness (QED) is 0.285. The van der Waals surface area contributed by atoms with E-state index < -0.39 is 17.0 Å². The molecule has 4 rings (SSSR count). The van der Waals surface area contributed by atoms with Crippen LogP contribution in [0.2, 0.25) is 0 Å². The number of nitrogens with one attached hydrogen (secondary N) is 1. The van der Waals surface area contributed by atoms with Gasteiger partial charge in [-0.1, -0.05) is 18.2 Å². The van der Waals surface area contributed by atoms with E-state index in [2.05, 4.69) is 10.4 Å². The van der Waals surface area contributed by atoms with Gasteiger partial charge in [0, 0.05) is 23.3 Å². The van der Waals surface area contributed by atoms with Gasteiger partial charge in [0.05, 0.1) is 36.6 Å². The molecule has 1 heterocycles. The summed E-state index contributed by atoms with van der Waals surface area (Å²) in [6.45, 7) is 0. The highest BCUT2D eigenvalue weighted by molar-refractivity contribution is 6.02. The number of ether oxygens (including phenoxy) is 2. The molecule has 174 valence electrons. The number of amides is 1. The van der Waals surface area contributed by atoms with Crippen LogP contribution < -0.4 is 14.8 Å². The van der Waals surface area contributed by atoms with Crippen LogP contribution in [0.4, 0.5) is 11.4 Å². The molecule has 0 radical (unpaired) electrons. The standard InChI is InChI=1S/C23H20N4O7/c1-33-18-7-3-5-13(20(18)28)12-24-26-22(16-6-4-8-19(34-2)21(16)29)25-17-11-14(27(31)32)9-10-15(17)23(26)30/h3-12,22,25,28-29H,1-2H3/b24-12+/t22-/m0/s1. The molecular formula is C23H20N4O7. The number of rotatable bonds is 6. The highest BCUT2D eigenvalue weighted by Gasteiger charge is 2.36. The van der Waals surface area contributed by atoms with Crippen molar-refractivity contribution in [1.29, 1.82) is 0 Å². The van der Waals surface area contributed by atoms with Gasteiger partial charge >= 0.3 is 0 Å². The number of benzene rings is 3. The largest absolute Gasteiger partial charge is 0.504 e. The second-order valence-corrected chi connectivity index (χ2v) is 7.22. The Kier molecular flexibility index (Phi) is 5.92. The fraction of sp³-hybridized carbons (Fsp3) is 0.130. The van der Waals surface area contributed by atoms with Crippen LogP contribution in [0, 0.1) is 10.1 Å². The fourth-order valence-corrected chi connectivity index (χ4v) is 3.59. The zero-order valence-corrected chi connectivity index (χ0v) is 18.1. The first-order valence-corrected chi connectivity index (χ1v) is 10.00. The summed E-state index contributed by atoms with van der Waals surface area (Å²) >= 11 is 0. The second-order valence-electron chi connectivity index (χ2n) is 7.22. The van der Waals surface area contributed by atoms with Crippen molar-refractivity contribution in [2.45, 2.75) is 6.17 Å². The average Bonchev–Trinajstić information content (AvgIpc) is 2.84. The molecule has 0 bridgehead atoms. The van der Waals surface area contributed by atoms with Gasteiger partial charge in [-0.25, -0.2) is 5.01 Å². The maximum Gasteiger partial charge on any atom is 0.278 e. The first-order valence-electron chi connectivity index (χ1n) is 10.00. The summed E-state index contributed by atoms with van der Waals surface area (Å²) in [4.78, 5) is 24.0. The van der Waals surface area contributed by atoms with Crippen molar-refractivity contribution in [3.8, 4) is 23.0 Å². The number of nitro groups is 1. The van der Waals surface area contributed by atoms with Gasteiger partial charge in [0.1, 0.15) is 0 Å². The summed E-state index contributed by atoms with van der Waals surface area (Å²) in [6, 6.07) is 13.3. The summed E-state index contributed by atoms with van der Waals surface area (Å²) in [5.41, 5.74) is 0.691. The smallest absolute Gasteiger partial charge is 0.278 e. The Labute approximate surface area is 193 Å². The minimum atomic E-state index is -1.04. The number of anilines is 1. The van der Waals surface area contributed by atoms with Gasteiger partial charge in [0.25, 0.3) is 11.6 Å². The number of hydrazone groups is 1. The van der Waals surface area contributed by atoms with Crippen LogP contribution in [0.15, 0.2) is 59.7 Å². The molecule has 3 N–H and O–H groups in total. The highest BCUT2D eigenvalue weighted by atomic mass is 16.6. The van der Waals surface area contributed by atoms with Crippen molar-refractivity contribution >= 4 is 23.5 Å². The number of hydrogen-bond donors (Lipinski definition) is 3. The monoisotopic (exact) mass is 464 g/mol. The molecule has 0 aliphatic carbocycles. The van der Waals surface area contributed by atoms with Crippen molar-refractivity contribution in [2.75, 3.05) is 19.5 Å². The zero-order chi connectivity index (χ0) is 24.4. The van der Waals surface area contributed by atoms with Gasteiger partial charge in [0.2, 0.25) is 0 Å². The molecule has 0 unspecified atom stereocenters. The number of carbonyl (C=O) groups is 1. The van der Waals surface area contributed by atoms with E-state index in [1.807, 2.05) is 0 Å². The Morgan fingerprint density at radius 2 is 1.74 bits per heavy atom. The van der Waals surface area contributed by atoms with Crippen molar-refractivity contribution in [2.24, 2.45) is 5.10 Å². The molecule has 0 saturated heterocycles. The van der Waals surface area contributed by atoms with Crippen LogP contribution in [0.1, 0.15) is 27.7 Å². The lowest BCUT2D eigenvalue weighted by atomic mass is 10.0. The number of carbonyl (C=O) groups excluding carboxylic acids is 1. The lowest BCUT2D eigenvalue weighted by Crippen LogP contribution is -2.39. The van der Waals surface area contributed by atoms with Crippen LogP contribution in [0.25, 0.3) is 0 Å². The molecule has 1 atom stereocenters. The van der Waals surface area contributed by atoms with Crippen molar-refractivity contribution in [3.63, 3.8) is 0 Å². The lowest BCUT2D eigenvalue weighted by Gasteiger charge is -2.34. The zero-order valence-electron chi connectivity index (χ0n) is 18.1. The summed E-state index contributed by atoms with van der Waals surface area (Å²) < 4.78 is 10.3. The summed E-state index contributed by atoms with van der Waals surface area (Å²) in [5, 5.41) is 40.7. The maximum absolute atomic E-state index is 13.4. The molecule has 3 aromatic carbocycles. The number of nitro benzene ring substituents is 1. The van der Waals surface area contributed by atoms with E-state index >= 15 is 0 Å². The number of phenolic OH excluding ortho intramolecular Hbond substituents is 2. The van der Waals surface area contributed by atoms with Crippen LogP contribution in [-0.4, -0.2) is 46.5 Å². The van der Waals surface area contributed by atoms with Gasteiger partial charge in [-0.3, -0.25) is 14.9 Å². The molecule has 11 nitrogen and oxygen atoms in total. The Morgan fingerprint density at radius 3 is 2.41 bits per heavy atom. The summed E-state index contributed by atoms with van der Waals surface area (Å²) in [5.74, 6) is -0.566. The molecule has 34 heavy (non-hydrogen) atoms. The van der Waals surface area contributed by atoms with E-state index in [4.69, 9.17) is 9.47 Å². The predicted octanol–water partition coefficient (Wildman–Crippen LogP) is 3.62. The van der Waals surface area contributed by atoms with Gasteiger partial charge in [-0.05, 0) is 24.3 Å². The predicted molar refractivity (Wildman–Crippen MR) is 123 cm³/mol. The molecule has 1 aliphatic rings. The third-order valence-corrected chi connectivity index (χ3v) is 5.31. The van der Waals surface area contributed by atoms with Crippen LogP contribution in [0.5, 0.6) is 23.0 Å². The van der Waals surface area contributed by atoms with Gasteiger partial charge in [-0.15, -0.1) is 0 Å². The third kappa shape index (κ3) is 3.90. The minimum Gasteiger partial charge on any atom is -0.504 e. The minimum absolute atomic E-state index is 0.149. The molecule has 0 spiro atoms. The first-order chi connectivity index (χ1) is 16.3. The van der Waals surface area contributed by atoms with E-state index in [1.165, 1.54) is 38.6 Å². The molecule has 0 fully saturated rings. The van der Waals surface area contributed by atoms with Gasteiger partial charge < -0.3 is 25.0 Å². The van der Waals surface area contributed by atoms with E-state index in [0.717, 1.165) is 5.01 Å². The number of methoxy groups -OCH3 is 2. The Bertz CT molecular complexity index is 1310. The third-order valence-electron chi connectivity index (χ3n) is 5.31. The molecule has 1 amide bonds. The lowest BCUT2D eigenvalue weighted by molar-refractivity contribution is -0.384. The number of nitrogens with zero attached hydrogens (tertiary/aromatic N) is 3. The van der Waals surface area contributed by atoms with Gasteiger partial charge in [0.15, 0.2) is 29.2 Å². The van der Waals surface area contributed by atoms with Crippen LogP contribution >= 0.6 is 0 Å². The molecule has 11 heteroatoms. The number of para-hydroxylation sites is 2. The molecule has 0 aromatic heterocycles. The molecular weight excluding hydrogens is 444 g/mol. The van der Waals surface area contributed by atoms with Crippen LogP contribution in [-0.2, 0) is 0 Å². The van der Waals surface area contributed by atoms with Crippen molar-refractivity contribution in [3.05, 3.63) is 81.4 Å². The summed E-state index contributed by atoms with van der Waals surface area (Å²) in [6.07, 6.45) is 0.235. The topological polar surface area (TPSA) is 147 Å². The number of hydrogen-bond acceptors (Lipinski definition) is 9. The first kappa shape index (κ1) is 22.4. The molecule has 3 aromatic rings. The summed E-state index contributed by atoms with van der Waals surface area (Å²) in [7, 11) is 2.80. The van der Waals surface area contributed by atoms with Crippen molar-refractivity contribution in [1.82, 2.24) is 5.01 Å². The van der Waals surface area contributed by atoms with Gasteiger partial charge in [-0.2, -0.15) is 5.10 Å². The maximum atomic E-state index is 13.4. The Hall–Kier alpha value is -4.80. The number of phenols is 2. The average molecular weight is 464 g/mol. The molecule has 0 saturated carbocycles. The SMILES string of the molecule is COc1cccc(/C=N/N2C(=O)c3ccc([N+](=O)[O-])cc3N[C@@H]2c2cccc(OC)c2O)c1O. The number of aromatic hydroxyl groups is 2. The normalized spacial score (nSPS) is 15.1. The van der Waals surface area contributed by atoms with E-state index in [9.17, 15) is 25.1 Å². The highest BCUT2D eigenvalue weighted by Crippen LogP contribution is 2.41. The Balaban J connectivity index is 1.83. The van der Waals surface area contributed by atoms with E-state index in [1.54, 1.807) is 36.4 Å². The van der Waals surface area contributed by atoms with Crippen LogP contribution in [0.3, 0.4) is 0 Å². The van der Waals surface area contributed by atoms with E-state index in [0.29, 0.717) is 0 Å². The van der Waals surface area contributed by atoms with E-state index in [-0.39, 0.29) is 51.1 Å². The fourth-order valence-electron chi connectivity index (χ4n) is 3.59. The number of non-ortho nitro benzene ring substituents is 1. The molecule has 1 aliphatic heterocycles. The number of fused-ring (bicyclic) bond motifs is 1.